The number of ether oxygens (including phenoxy) is 2. The third-order valence-corrected chi connectivity index (χ3v) is 5.72. The SMILES string of the molecule is CCOc1cc(/C=C2/SC(=O)N(Cc3ccc(F)cc3)C2=O)c(Br)cc1OCC(=O)[O-]. The summed E-state index contributed by atoms with van der Waals surface area (Å²) in [6.45, 7) is 1.44. The fourth-order valence-corrected chi connectivity index (χ4v) is 4.00. The van der Waals surface area contributed by atoms with Gasteiger partial charge in [-0.1, -0.05) is 28.1 Å². The van der Waals surface area contributed by atoms with Gasteiger partial charge in [-0.05, 0) is 60.2 Å². The molecule has 0 saturated carbocycles. The molecule has 1 saturated heterocycles. The van der Waals surface area contributed by atoms with Crippen molar-refractivity contribution in [2.45, 2.75) is 13.5 Å². The molecular weight excluding hydrogens is 493 g/mol. The largest absolute Gasteiger partial charge is 0.546 e. The number of carboxylic acids is 1. The highest BCUT2D eigenvalue weighted by atomic mass is 79.9. The van der Waals surface area contributed by atoms with Crippen LogP contribution >= 0.6 is 27.7 Å². The van der Waals surface area contributed by atoms with Crippen LogP contribution in [0.3, 0.4) is 0 Å². The molecule has 1 heterocycles. The Balaban J connectivity index is 1.85. The number of halogens is 2. The first kappa shape index (κ1) is 22.8. The molecule has 1 aliphatic heterocycles. The summed E-state index contributed by atoms with van der Waals surface area (Å²) in [5.74, 6) is -1.78. The highest BCUT2D eigenvalue weighted by Crippen LogP contribution is 2.38. The predicted molar refractivity (Wildman–Crippen MR) is 114 cm³/mol. The van der Waals surface area contributed by atoms with Crippen LogP contribution in [0.2, 0.25) is 0 Å². The van der Waals surface area contributed by atoms with E-state index in [9.17, 15) is 23.9 Å². The molecule has 0 unspecified atom stereocenters. The van der Waals surface area contributed by atoms with Gasteiger partial charge in [0.15, 0.2) is 11.5 Å². The van der Waals surface area contributed by atoms with Gasteiger partial charge in [0.2, 0.25) is 0 Å². The number of carbonyl (C=O) groups excluding carboxylic acids is 3. The molecule has 10 heteroatoms. The van der Waals surface area contributed by atoms with Crippen LogP contribution in [0.4, 0.5) is 9.18 Å². The van der Waals surface area contributed by atoms with Gasteiger partial charge in [-0.3, -0.25) is 14.5 Å². The Hall–Kier alpha value is -2.85. The van der Waals surface area contributed by atoms with Crippen molar-refractivity contribution in [1.82, 2.24) is 4.90 Å². The zero-order valence-electron chi connectivity index (χ0n) is 16.2. The molecule has 0 atom stereocenters. The summed E-state index contributed by atoms with van der Waals surface area (Å²) >= 11 is 4.15. The van der Waals surface area contributed by atoms with Gasteiger partial charge in [-0.15, -0.1) is 0 Å². The molecule has 0 N–H and O–H groups in total. The number of imide groups is 1. The van der Waals surface area contributed by atoms with Crippen LogP contribution in [0.15, 0.2) is 45.8 Å². The van der Waals surface area contributed by atoms with Gasteiger partial charge in [0.1, 0.15) is 12.4 Å². The Labute approximate surface area is 189 Å². The van der Waals surface area contributed by atoms with E-state index in [0.717, 1.165) is 16.7 Å². The summed E-state index contributed by atoms with van der Waals surface area (Å²) < 4.78 is 24.3. The summed E-state index contributed by atoms with van der Waals surface area (Å²) in [6.07, 6.45) is 1.53. The minimum atomic E-state index is -1.38. The van der Waals surface area contributed by atoms with Crippen molar-refractivity contribution in [3.8, 4) is 11.5 Å². The number of hydrogen-bond acceptors (Lipinski definition) is 7. The highest BCUT2D eigenvalue weighted by Gasteiger charge is 2.35. The summed E-state index contributed by atoms with van der Waals surface area (Å²) in [7, 11) is 0. The first-order valence-corrected chi connectivity index (χ1v) is 10.7. The van der Waals surface area contributed by atoms with E-state index in [-0.39, 0.29) is 22.9 Å². The fourth-order valence-electron chi connectivity index (χ4n) is 2.73. The second kappa shape index (κ2) is 9.97. The van der Waals surface area contributed by atoms with Crippen molar-refractivity contribution in [3.05, 3.63) is 62.7 Å². The standard InChI is InChI=1S/C21H17BrFNO6S/c1-2-29-16-7-13(15(22)9-17(16)30-11-19(25)26)8-18-20(27)24(21(28)31-18)10-12-3-5-14(23)6-4-12/h3-9H,2,10-11H2,1H3,(H,25,26)/p-1/b18-8+. The molecule has 2 aromatic rings. The Kier molecular flexibility index (Phi) is 7.34. The van der Waals surface area contributed by atoms with E-state index >= 15 is 0 Å². The summed E-state index contributed by atoms with van der Waals surface area (Å²) in [5.41, 5.74) is 1.16. The Morgan fingerprint density at radius 3 is 2.52 bits per heavy atom. The van der Waals surface area contributed by atoms with Crippen LogP contribution in [-0.4, -0.2) is 35.2 Å². The number of thioether (sulfide) groups is 1. The zero-order valence-corrected chi connectivity index (χ0v) is 18.6. The third-order valence-electron chi connectivity index (χ3n) is 4.12. The van der Waals surface area contributed by atoms with Crippen molar-refractivity contribution in [2.75, 3.05) is 13.2 Å². The van der Waals surface area contributed by atoms with Crippen molar-refractivity contribution >= 4 is 50.9 Å². The molecule has 0 radical (unpaired) electrons. The minimum Gasteiger partial charge on any atom is -0.546 e. The number of amides is 2. The minimum absolute atomic E-state index is 0.0314. The monoisotopic (exact) mass is 508 g/mol. The van der Waals surface area contributed by atoms with Crippen LogP contribution in [0.1, 0.15) is 18.1 Å². The fraction of sp³-hybridized carbons (Fsp3) is 0.190. The number of nitrogens with zero attached hydrogens (tertiary/aromatic N) is 1. The normalized spacial score (nSPS) is 14.9. The summed E-state index contributed by atoms with van der Waals surface area (Å²) in [6, 6.07) is 8.65. The molecule has 162 valence electrons. The molecule has 31 heavy (non-hydrogen) atoms. The smallest absolute Gasteiger partial charge is 0.293 e. The summed E-state index contributed by atoms with van der Waals surface area (Å²) in [4.78, 5) is 37.1. The van der Waals surface area contributed by atoms with Crippen molar-refractivity contribution < 1.29 is 33.4 Å². The first-order chi connectivity index (χ1) is 14.8. The number of carboxylic acid groups (broad SMARTS) is 1. The highest BCUT2D eigenvalue weighted by molar-refractivity contribution is 9.10. The van der Waals surface area contributed by atoms with E-state index in [1.54, 1.807) is 13.0 Å². The predicted octanol–water partition coefficient (Wildman–Crippen LogP) is 3.35. The first-order valence-electron chi connectivity index (χ1n) is 9.07. The van der Waals surface area contributed by atoms with Gasteiger partial charge in [-0.2, -0.15) is 0 Å². The number of benzene rings is 2. The van der Waals surface area contributed by atoms with Crippen LogP contribution in [0, 0.1) is 5.82 Å². The molecule has 7 nitrogen and oxygen atoms in total. The lowest BCUT2D eigenvalue weighted by Gasteiger charge is -2.14. The second-order valence-corrected chi connectivity index (χ2v) is 8.16. The lowest BCUT2D eigenvalue weighted by molar-refractivity contribution is -0.307. The van der Waals surface area contributed by atoms with Gasteiger partial charge in [-0.25, -0.2) is 4.39 Å². The lowest BCUT2D eigenvalue weighted by atomic mass is 10.1. The topological polar surface area (TPSA) is 96.0 Å². The molecule has 1 aliphatic rings. The molecule has 1 fully saturated rings. The van der Waals surface area contributed by atoms with E-state index < -0.39 is 29.5 Å². The van der Waals surface area contributed by atoms with Gasteiger partial charge < -0.3 is 19.4 Å². The Morgan fingerprint density at radius 2 is 1.87 bits per heavy atom. The molecule has 2 aromatic carbocycles. The van der Waals surface area contributed by atoms with E-state index in [4.69, 9.17) is 9.47 Å². The number of rotatable bonds is 8. The third kappa shape index (κ3) is 5.65. The molecule has 0 aromatic heterocycles. The number of hydrogen-bond donors (Lipinski definition) is 0. The molecule has 0 aliphatic carbocycles. The number of carbonyl (C=O) groups is 3. The lowest BCUT2D eigenvalue weighted by Crippen LogP contribution is -2.29. The molecule has 0 spiro atoms. The maximum absolute atomic E-state index is 13.1. The summed E-state index contributed by atoms with van der Waals surface area (Å²) in [5, 5.41) is 10.2. The molecular formula is C21H16BrFNO6S-. The van der Waals surface area contributed by atoms with Crippen molar-refractivity contribution in [1.29, 1.82) is 0 Å². The molecule has 2 amide bonds. The van der Waals surface area contributed by atoms with Gasteiger partial charge in [0, 0.05) is 4.47 Å². The van der Waals surface area contributed by atoms with Gasteiger partial charge in [0.25, 0.3) is 11.1 Å². The second-order valence-electron chi connectivity index (χ2n) is 6.31. The average molecular weight is 509 g/mol. The van der Waals surface area contributed by atoms with E-state index in [0.29, 0.717) is 22.2 Å². The number of aliphatic carboxylic acids is 1. The quantitative estimate of drug-likeness (QED) is 0.504. The molecule has 0 bridgehead atoms. The van der Waals surface area contributed by atoms with Crippen molar-refractivity contribution in [2.24, 2.45) is 0 Å². The molecule has 3 rings (SSSR count). The van der Waals surface area contributed by atoms with Gasteiger partial charge >= 0.3 is 0 Å². The van der Waals surface area contributed by atoms with Crippen LogP contribution < -0.4 is 14.6 Å². The maximum atomic E-state index is 13.1. The zero-order chi connectivity index (χ0) is 22.5. The average Bonchev–Trinajstić information content (AvgIpc) is 2.98. The van der Waals surface area contributed by atoms with Crippen LogP contribution in [0.5, 0.6) is 11.5 Å². The Morgan fingerprint density at radius 1 is 1.19 bits per heavy atom. The van der Waals surface area contributed by atoms with Crippen molar-refractivity contribution in [3.63, 3.8) is 0 Å². The van der Waals surface area contributed by atoms with Crippen LogP contribution in [0.25, 0.3) is 6.08 Å². The van der Waals surface area contributed by atoms with Crippen LogP contribution in [-0.2, 0) is 16.1 Å². The Bertz CT molecular complexity index is 1060. The van der Waals surface area contributed by atoms with E-state index in [2.05, 4.69) is 15.9 Å². The van der Waals surface area contributed by atoms with E-state index in [1.807, 2.05) is 0 Å². The maximum Gasteiger partial charge on any atom is 0.293 e. The van der Waals surface area contributed by atoms with E-state index in [1.165, 1.54) is 36.4 Å². The van der Waals surface area contributed by atoms with Gasteiger partial charge in [0.05, 0.1) is 24.0 Å².